The molecule has 2 heteroatoms. The van der Waals surface area contributed by atoms with Crippen LogP contribution in [0.2, 0.25) is 0 Å². The molecule has 0 bridgehead atoms. The zero-order valence-electron chi connectivity index (χ0n) is 14.0. The third kappa shape index (κ3) is 5.65. The van der Waals surface area contributed by atoms with E-state index in [1.807, 2.05) is 27.7 Å². The summed E-state index contributed by atoms with van der Waals surface area (Å²) in [6, 6.07) is 4.34. The molecule has 0 spiro atoms. The molecule has 1 aliphatic heterocycles. The summed E-state index contributed by atoms with van der Waals surface area (Å²) in [5, 5.41) is 0. The molecule has 0 aliphatic carbocycles. The lowest BCUT2D eigenvalue weighted by molar-refractivity contribution is 0.357. The molecule has 0 atom stereocenters. The highest BCUT2D eigenvalue weighted by Gasteiger charge is 2.16. The van der Waals surface area contributed by atoms with E-state index in [1.165, 1.54) is 23.7 Å². The zero-order valence-corrected chi connectivity index (χ0v) is 14.0. The van der Waals surface area contributed by atoms with E-state index in [4.69, 9.17) is 4.74 Å². The zero-order chi connectivity index (χ0) is 15.3. The maximum absolute atomic E-state index is 5.54. The molecule has 2 nitrogen and oxygen atoms in total. The SMILES string of the molecule is CC.CC.CCc1ccc2c(c1CC)CCO2.CN. The van der Waals surface area contributed by atoms with E-state index in [2.05, 4.69) is 31.7 Å². The standard InChI is InChI=1S/C12H16O.2C2H6.CH5N/c1-3-9-5-6-12-11(7-8-13-12)10(9)4-2;3*1-2/h5-6H,3-4,7-8H2,1-2H3;2*1-2H3;2H2,1H3. The molecule has 19 heavy (non-hydrogen) atoms. The van der Waals surface area contributed by atoms with Gasteiger partial charge in [-0.15, -0.1) is 0 Å². The average Bonchev–Trinajstić information content (AvgIpc) is 3.00. The molecule has 0 amide bonds. The number of aryl methyl sites for hydroxylation is 1. The maximum Gasteiger partial charge on any atom is 0.122 e. The van der Waals surface area contributed by atoms with Crippen molar-refractivity contribution in [2.75, 3.05) is 13.7 Å². The van der Waals surface area contributed by atoms with Gasteiger partial charge in [-0.1, -0.05) is 47.6 Å². The lowest BCUT2D eigenvalue weighted by Gasteiger charge is -2.09. The Morgan fingerprint density at radius 2 is 1.58 bits per heavy atom. The van der Waals surface area contributed by atoms with E-state index >= 15 is 0 Å². The van der Waals surface area contributed by atoms with Crippen molar-refractivity contribution in [1.82, 2.24) is 0 Å². The van der Waals surface area contributed by atoms with Gasteiger partial charge in [0.05, 0.1) is 6.61 Å². The van der Waals surface area contributed by atoms with Gasteiger partial charge in [-0.05, 0) is 37.1 Å². The summed E-state index contributed by atoms with van der Waals surface area (Å²) in [6.45, 7) is 13.3. The average molecular weight is 267 g/mol. The Morgan fingerprint density at radius 3 is 2.05 bits per heavy atom. The number of benzene rings is 1. The maximum atomic E-state index is 5.54. The molecule has 2 N–H and O–H groups in total. The largest absolute Gasteiger partial charge is 0.493 e. The second-order valence-corrected chi connectivity index (χ2v) is 3.49. The van der Waals surface area contributed by atoms with Gasteiger partial charge >= 0.3 is 0 Å². The molecule has 0 saturated heterocycles. The van der Waals surface area contributed by atoms with Crippen molar-refractivity contribution in [3.05, 3.63) is 28.8 Å². The van der Waals surface area contributed by atoms with Gasteiger partial charge in [0.2, 0.25) is 0 Å². The van der Waals surface area contributed by atoms with Crippen LogP contribution in [0.3, 0.4) is 0 Å². The number of hydrogen-bond acceptors (Lipinski definition) is 2. The van der Waals surface area contributed by atoms with E-state index < -0.39 is 0 Å². The van der Waals surface area contributed by atoms with Crippen LogP contribution in [0, 0.1) is 0 Å². The number of fused-ring (bicyclic) bond motifs is 1. The topological polar surface area (TPSA) is 35.2 Å². The van der Waals surface area contributed by atoms with E-state index in [9.17, 15) is 0 Å². The molecule has 1 heterocycles. The van der Waals surface area contributed by atoms with E-state index in [0.29, 0.717) is 0 Å². The smallest absolute Gasteiger partial charge is 0.122 e. The van der Waals surface area contributed by atoms with Crippen LogP contribution in [0.1, 0.15) is 58.2 Å². The Morgan fingerprint density at radius 1 is 1.00 bits per heavy atom. The minimum Gasteiger partial charge on any atom is -0.493 e. The lowest BCUT2D eigenvalue weighted by Crippen LogP contribution is -1.95. The highest BCUT2D eigenvalue weighted by Crippen LogP contribution is 2.31. The molecule has 0 saturated carbocycles. The van der Waals surface area contributed by atoms with Gasteiger partial charge in [-0.3, -0.25) is 0 Å². The minimum atomic E-state index is 0.871. The Labute approximate surface area is 120 Å². The summed E-state index contributed by atoms with van der Waals surface area (Å²) >= 11 is 0. The van der Waals surface area contributed by atoms with Crippen LogP contribution < -0.4 is 10.5 Å². The molecule has 0 radical (unpaired) electrons. The van der Waals surface area contributed by atoms with Crippen LogP contribution in [0.25, 0.3) is 0 Å². The van der Waals surface area contributed by atoms with Crippen LogP contribution >= 0.6 is 0 Å². The monoisotopic (exact) mass is 267 g/mol. The number of rotatable bonds is 2. The third-order valence-corrected chi connectivity index (χ3v) is 2.83. The second-order valence-electron chi connectivity index (χ2n) is 3.49. The summed E-state index contributed by atoms with van der Waals surface area (Å²) in [5.74, 6) is 1.12. The normalized spacial score (nSPS) is 10.5. The lowest BCUT2D eigenvalue weighted by atomic mass is 9.96. The quantitative estimate of drug-likeness (QED) is 0.863. The Kier molecular flexibility index (Phi) is 14.3. The van der Waals surface area contributed by atoms with Gasteiger partial charge < -0.3 is 10.5 Å². The summed E-state index contributed by atoms with van der Waals surface area (Å²) in [6.07, 6.45) is 3.37. The van der Waals surface area contributed by atoms with Crippen molar-refractivity contribution >= 4 is 0 Å². The van der Waals surface area contributed by atoms with Gasteiger partial charge in [0, 0.05) is 12.0 Å². The van der Waals surface area contributed by atoms with Crippen molar-refractivity contribution in [3.63, 3.8) is 0 Å². The van der Waals surface area contributed by atoms with Gasteiger partial charge in [0.25, 0.3) is 0 Å². The molecule has 0 aromatic heterocycles. The highest BCUT2D eigenvalue weighted by molar-refractivity contribution is 5.47. The summed E-state index contributed by atoms with van der Waals surface area (Å²) in [4.78, 5) is 0. The van der Waals surface area contributed by atoms with Crippen molar-refractivity contribution in [1.29, 1.82) is 0 Å². The molecular formula is C17H33NO. The Hall–Kier alpha value is -1.02. The third-order valence-electron chi connectivity index (χ3n) is 2.83. The molecule has 1 aliphatic rings. The highest BCUT2D eigenvalue weighted by atomic mass is 16.5. The predicted molar refractivity (Wildman–Crippen MR) is 87.2 cm³/mol. The first-order valence-electron chi connectivity index (χ1n) is 7.71. The predicted octanol–water partition coefficient (Wildman–Crippen LogP) is 4.37. The molecular weight excluding hydrogens is 234 g/mol. The fraction of sp³-hybridized carbons (Fsp3) is 0.647. The number of nitrogens with two attached hydrogens (primary N) is 1. The van der Waals surface area contributed by atoms with Gasteiger partial charge in [-0.2, -0.15) is 0 Å². The van der Waals surface area contributed by atoms with E-state index in [-0.39, 0.29) is 0 Å². The van der Waals surface area contributed by atoms with E-state index in [0.717, 1.165) is 31.6 Å². The van der Waals surface area contributed by atoms with Crippen LogP contribution in [0.15, 0.2) is 12.1 Å². The van der Waals surface area contributed by atoms with Crippen molar-refractivity contribution < 1.29 is 4.74 Å². The Bertz CT molecular complexity index is 321. The van der Waals surface area contributed by atoms with Crippen LogP contribution in [0.4, 0.5) is 0 Å². The first-order valence-corrected chi connectivity index (χ1v) is 7.71. The summed E-state index contributed by atoms with van der Waals surface area (Å²) in [7, 11) is 1.50. The van der Waals surface area contributed by atoms with Crippen LogP contribution in [-0.4, -0.2) is 13.7 Å². The molecule has 0 fully saturated rings. The van der Waals surface area contributed by atoms with Crippen LogP contribution in [-0.2, 0) is 19.3 Å². The van der Waals surface area contributed by atoms with Crippen LogP contribution in [0.5, 0.6) is 5.75 Å². The number of hydrogen-bond donors (Lipinski definition) is 1. The van der Waals surface area contributed by atoms with Crippen molar-refractivity contribution in [3.8, 4) is 5.75 Å². The fourth-order valence-electron chi connectivity index (χ4n) is 2.16. The first-order chi connectivity index (χ1) is 9.36. The molecule has 1 aromatic carbocycles. The van der Waals surface area contributed by atoms with Gasteiger partial charge in [-0.25, -0.2) is 0 Å². The fourth-order valence-corrected chi connectivity index (χ4v) is 2.16. The molecule has 0 unspecified atom stereocenters. The molecule has 1 aromatic rings. The van der Waals surface area contributed by atoms with Crippen molar-refractivity contribution in [2.45, 2.75) is 60.8 Å². The second kappa shape index (κ2) is 13.4. The Balaban J connectivity index is 0. The van der Waals surface area contributed by atoms with E-state index in [1.54, 1.807) is 0 Å². The minimum absolute atomic E-state index is 0.871. The molecule has 2 rings (SSSR count). The molecule has 112 valence electrons. The summed E-state index contributed by atoms with van der Waals surface area (Å²) in [5.41, 5.74) is 8.98. The number of ether oxygens (including phenoxy) is 1. The van der Waals surface area contributed by atoms with Crippen molar-refractivity contribution in [2.24, 2.45) is 5.73 Å². The van der Waals surface area contributed by atoms with Gasteiger partial charge in [0.1, 0.15) is 5.75 Å². The summed E-state index contributed by atoms with van der Waals surface area (Å²) < 4.78 is 5.54. The van der Waals surface area contributed by atoms with Gasteiger partial charge in [0.15, 0.2) is 0 Å². The first kappa shape index (κ1) is 20.3.